The van der Waals surface area contributed by atoms with E-state index >= 15 is 0 Å². The number of fused-ring (bicyclic) bond motifs is 1. The van der Waals surface area contributed by atoms with E-state index in [4.69, 9.17) is 0 Å². The molecule has 1 aliphatic heterocycles. The Morgan fingerprint density at radius 1 is 1.13 bits per heavy atom. The van der Waals surface area contributed by atoms with Gasteiger partial charge < -0.3 is 10.2 Å². The molecule has 2 aromatic rings. The molecule has 3 rings (SSSR count). The number of piperazine rings is 1. The number of hydrogen-bond acceptors (Lipinski definition) is 6. The second-order valence-electron chi connectivity index (χ2n) is 6.76. The number of nitrogens with zero attached hydrogens (tertiary/aromatic N) is 6. The Bertz CT molecular complexity index is 643. The first kappa shape index (κ1) is 16.1. The van der Waals surface area contributed by atoms with E-state index in [-0.39, 0.29) is 0 Å². The van der Waals surface area contributed by atoms with E-state index < -0.39 is 0 Å². The Kier molecular flexibility index (Phi) is 4.77. The van der Waals surface area contributed by atoms with E-state index in [2.05, 4.69) is 51.1 Å². The molecule has 7 heteroatoms. The smallest absolute Gasteiger partial charge is 0.163 e. The van der Waals surface area contributed by atoms with E-state index in [1.165, 1.54) is 0 Å². The van der Waals surface area contributed by atoms with Crippen molar-refractivity contribution < 1.29 is 0 Å². The molecule has 7 nitrogen and oxygen atoms in total. The molecule has 0 spiro atoms. The zero-order chi connectivity index (χ0) is 16.4. The maximum atomic E-state index is 4.41. The summed E-state index contributed by atoms with van der Waals surface area (Å²) in [6.07, 6.45) is 3.44. The molecule has 1 fully saturated rings. The quantitative estimate of drug-likeness (QED) is 0.889. The van der Waals surface area contributed by atoms with Crippen LogP contribution in [0.3, 0.4) is 0 Å². The number of anilines is 1. The van der Waals surface area contributed by atoms with Gasteiger partial charge in [0.25, 0.3) is 0 Å². The van der Waals surface area contributed by atoms with Crippen LogP contribution in [0.4, 0.5) is 5.82 Å². The highest BCUT2D eigenvalue weighted by Gasteiger charge is 2.25. The highest BCUT2D eigenvalue weighted by Crippen LogP contribution is 2.19. The van der Waals surface area contributed by atoms with Crippen LogP contribution in [-0.4, -0.2) is 75.4 Å². The highest BCUT2D eigenvalue weighted by molar-refractivity contribution is 5.85. The molecule has 1 saturated heterocycles. The van der Waals surface area contributed by atoms with Crippen molar-refractivity contribution in [2.75, 3.05) is 45.1 Å². The Balaban J connectivity index is 1.71. The highest BCUT2D eigenvalue weighted by atomic mass is 15.3. The van der Waals surface area contributed by atoms with Gasteiger partial charge in [-0.2, -0.15) is 5.10 Å². The van der Waals surface area contributed by atoms with Crippen LogP contribution in [0, 0.1) is 5.92 Å². The fourth-order valence-corrected chi connectivity index (χ4v) is 3.24. The third-order valence-electron chi connectivity index (χ3n) is 4.78. The Morgan fingerprint density at radius 3 is 2.57 bits per heavy atom. The van der Waals surface area contributed by atoms with E-state index in [1.807, 2.05) is 13.2 Å². The van der Waals surface area contributed by atoms with Gasteiger partial charge >= 0.3 is 0 Å². The number of rotatable bonds is 5. The molecule has 23 heavy (non-hydrogen) atoms. The van der Waals surface area contributed by atoms with Gasteiger partial charge in [0, 0.05) is 45.8 Å². The first-order valence-corrected chi connectivity index (χ1v) is 8.35. The molecular formula is C16H27N7. The van der Waals surface area contributed by atoms with Gasteiger partial charge in [-0.15, -0.1) is 0 Å². The normalized spacial score (nSPS) is 18.7. The molecule has 1 aliphatic rings. The van der Waals surface area contributed by atoms with Crippen LogP contribution in [0.1, 0.15) is 13.8 Å². The van der Waals surface area contributed by atoms with Crippen LogP contribution in [0.25, 0.3) is 11.0 Å². The van der Waals surface area contributed by atoms with Gasteiger partial charge in [-0.25, -0.2) is 9.97 Å². The summed E-state index contributed by atoms with van der Waals surface area (Å²) in [7, 11) is 4.10. The molecule has 0 amide bonds. The molecule has 0 unspecified atom stereocenters. The fourth-order valence-electron chi connectivity index (χ4n) is 3.24. The van der Waals surface area contributed by atoms with Crippen LogP contribution in [0.5, 0.6) is 0 Å². The third kappa shape index (κ3) is 3.45. The lowest BCUT2D eigenvalue weighted by Gasteiger charge is -2.40. The average molecular weight is 317 g/mol. The number of aryl methyl sites for hydroxylation is 1. The van der Waals surface area contributed by atoms with E-state index in [0.717, 1.165) is 49.6 Å². The molecule has 3 heterocycles. The summed E-state index contributed by atoms with van der Waals surface area (Å²) < 4.78 is 1.78. The van der Waals surface area contributed by atoms with Crippen LogP contribution < -0.4 is 5.32 Å². The van der Waals surface area contributed by atoms with Crippen molar-refractivity contribution in [3.63, 3.8) is 0 Å². The molecular weight excluding hydrogens is 290 g/mol. The second-order valence-corrected chi connectivity index (χ2v) is 6.76. The predicted molar refractivity (Wildman–Crippen MR) is 92.5 cm³/mol. The molecule has 1 N–H and O–H groups in total. The molecule has 126 valence electrons. The van der Waals surface area contributed by atoms with Gasteiger partial charge in [-0.3, -0.25) is 9.58 Å². The van der Waals surface area contributed by atoms with Crippen LogP contribution in [-0.2, 0) is 7.05 Å². The van der Waals surface area contributed by atoms with Gasteiger partial charge in [0.1, 0.15) is 12.1 Å². The molecule has 2 aromatic heterocycles. The topological polar surface area (TPSA) is 62.1 Å². The number of nitrogens with one attached hydrogen (secondary N) is 1. The Morgan fingerprint density at radius 2 is 1.87 bits per heavy atom. The Hall–Kier alpha value is -1.73. The van der Waals surface area contributed by atoms with Crippen molar-refractivity contribution in [2.45, 2.75) is 19.9 Å². The zero-order valence-corrected chi connectivity index (χ0v) is 14.5. The maximum absolute atomic E-state index is 4.41. The van der Waals surface area contributed by atoms with Gasteiger partial charge in [0.2, 0.25) is 0 Å². The summed E-state index contributed by atoms with van der Waals surface area (Å²) in [4.78, 5) is 13.7. The van der Waals surface area contributed by atoms with Crippen LogP contribution in [0.15, 0.2) is 12.5 Å². The summed E-state index contributed by atoms with van der Waals surface area (Å²) in [5.41, 5.74) is 0.864. The van der Waals surface area contributed by atoms with Gasteiger partial charge in [-0.1, -0.05) is 13.8 Å². The number of hydrogen-bond donors (Lipinski definition) is 1. The molecule has 0 aliphatic carbocycles. The van der Waals surface area contributed by atoms with Crippen molar-refractivity contribution in [2.24, 2.45) is 13.0 Å². The minimum absolute atomic E-state index is 0.505. The summed E-state index contributed by atoms with van der Waals surface area (Å²) in [5, 5.41) is 8.79. The summed E-state index contributed by atoms with van der Waals surface area (Å²) in [6.45, 7) is 10.0. The second kappa shape index (κ2) is 6.80. The lowest BCUT2D eigenvalue weighted by Crippen LogP contribution is -2.52. The number of likely N-dealkylation sites (N-methyl/N-ethyl adjacent to an activating group) is 1. The van der Waals surface area contributed by atoms with E-state index in [9.17, 15) is 0 Å². The largest absolute Gasteiger partial charge is 0.368 e. The van der Waals surface area contributed by atoms with E-state index in [0.29, 0.717) is 12.0 Å². The third-order valence-corrected chi connectivity index (χ3v) is 4.78. The van der Waals surface area contributed by atoms with Crippen LogP contribution >= 0.6 is 0 Å². The van der Waals surface area contributed by atoms with Gasteiger partial charge in [-0.05, 0) is 13.0 Å². The minimum atomic E-state index is 0.505. The predicted octanol–water partition coefficient (Wildman–Crippen LogP) is 1.05. The molecule has 0 bridgehead atoms. The molecule has 0 aromatic carbocycles. The zero-order valence-electron chi connectivity index (χ0n) is 14.5. The monoisotopic (exact) mass is 317 g/mol. The maximum Gasteiger partial charge on any atom is 0.163 e. The summed E-state index contributed by atoms with van der Waals surface area (Å²) in [5.74, 6) is 1.47. The fraction of sp³-hybridized carbons (Fsp3) is 0.688. The van der Waals surface area contributed by atoms with Crippen LogP contribution in [0.2, 0.25) is 0 Å². The van der Waals surface area contributed by atoms with Crippen molar-refractivity contribution in [1.29, 1.82) is 0 Å². The van der Waals surface area contributed by atoms with Gasteiger partial charge in [0.15, 0.2) is 5.65 Å². The van der Waals surface area contributed by atoms with E-state index in [1.54, 1.807) is 11.0 Å². The standard InChI is InChI=1S/C16H27N7/c1-12(2)14(23-7-5-21(3)6-8-23)10-17-15-13-9-20-22(4)16(13)19-11-18-15/h9,11-12,14H,5-8,10H2,1-4H3,(H,17,18,19)/t14-/m0/s1. The first-order chi connectivity index (χ1) is 11.1. The molecule has 0 radical (unpaired) electrons. The van der Waals surface area contributed by atoms with Gasteiger partial charge in [0.05, 0.1) is 11.6 Å². The number of aromatic nitrogens is 4. The lowest BCUT2D eigenvalue weighted by atomic mass is 10.0. The lowest BCUT2D eigenvalue weighted by molar-refractivity contribution is 0.0944. The summed E-state index contributed by atoms with van der Waals surface area (Å²) in [6, 6.07) is 0.505. The van der Waals surface area contributed by atoms with Crippen molar-refractivity contribution in [3.8, 4) is 0 Å². The molecule has 1 atom stereocenters. The first-order valence-electron chi connectivity index (χ1n) is 8.35. The Labute approximate surface area is 137 Å². The average Bonchev–Trinajstić information content (AvgIpc) is 2.91. The molecule has 0 saturated carbocycles. The summed E-state index contributed by atoms with van der Waals surface area (Å²) >= 11 is 0. The SMILES string of the molecule is CC(C)[C@H](CNc1ncnc2c1cnn2C)N1CCN(C)CC1. The minimum Gasteiger partial charge on any atom is -0.368 e. The van der Waals surface area contributed by atoms with Crippen molar-refractivity contribution in [3.05, 3.63) is 12.5 Å². The van der Waals surface area contributed by atoms with Crippen molar-refractivity contribution >= 4 is 16.9 Å². The van der Waals surface area contributed by atoms with Crippen molar-refractivity contribution in [1.82, 2.24) is 29.5 Å².